The highest BCUT2D eigenvalue weighted by Crippen LogP contribution is 2.31. The van der Waals surface area contributed by atoms with Gasteiger partial charge < -0.3 is 11.5 Å². The lowest BCUT2D eigenvalue weighted by Gasteiger charge is -2.19. The normalized spacial score (nSPS) is 11.0. The highest BCUT2D eigenvalue weighted by Gasteiger charge is 2.15. The maximum absolute atomic E-state index is 6.49. The van der Waals surface area contributed by atoms with E-state index in [2.05, 4.69) is 52.0 Å². The monoisotopic (exact) mass is 310 g/mol. The molecule has 2 aromatic carbocycles. The molecule has 2 rings (SSSR count). The van der Waals surface area contributed by atoms with Gasteiger partial charge in [-0.1, -0.05) is 52.0 Å². The van der Waals surface area contributed by atoms with Gasteiger partial charge in [-0.3, -0.25) is 0 Å². The highest BCUT2D eigenvalue weighted by molar-refractivity contribution is 5.64. The molecule has 0 heterocycles. The summed E-state index contributed by atoms with van der Waals surface area (Å²) in [6.45, 7) is 8.70. The van der Waals surface area contributed by atoms with Gasteiger partial charge in [0.25, 0.3) is 0 Å². The van der Waals surface area contributed by atoms with E-state index in [1.807, 2.05) is 0 Å². The van der Waals surface area contributed by atoms with Crippen molar-refractivity contribution < 1.29 is 0 Å². The third-order valence-corrected chi connectivity index (χ3v) is 4.97. The van der Waals surface area contributed by atoms with Crippen LogP contribution in [-0.2, 0) is 32.1 Å². The summed E-state index contributed by atoms with van der Waals surface area (Å²) in [7, 11) is 0. The number of nitrogen functional groups attached to an aromatic ring is 2. The molecule has 0 aliphatic carbocycles. The maximum Gasteiger partial charge on any atom is 0.0385 e. The topological polar surface area (TPSA) is 52.0 Å². The first kappa shape index (κ1) is 17.4. The lowest BCUT2D eigenvalue weighted by Crippen LogP contribution is -2.09. The number of aryl methyl sites for hydroxylation is 4. The van der Waals surface area contributed by atoms with Gasteiger partial charge in [-0.2, -0.15) is 0 Å². The number of rotatable bonds is 6. The van der Waals surface area contributed by atoms with Gasteiger partial charge in [-0.15, -0.1) is 0 Å². The Morgan fingerprint density at radius 3 is 1.17 bits per heavy atom. The molecule has 0 aromatic heterocycles. The summed E-state index contributed by atoms with van der Waals surface area (Å²) < 4.78 is 0. The molecule has 0 bridgehead atoms. The van der Waals surface area contributed by atoms with Crippen LogP contribution < -0.4 is 11.5 Å². The van der Waals surface area contributed by atoms with Crippen molar-refractivity contribution in [2.75, 3.05) is 11.5 Å². The quantitative estimate of drug-likeness (QED) is 0.760. The first-order valence-electron chi connectivity index (χ1n) is 8.85. The smallest absolute Gasteiger partial charge is 0.0385 e. The summed E-state index contributed by atoms with van der Waals surface area (Å²) in [4.78, 5) is 0. The van der Waals surface area contributed by atoms with Crippen molar-refractivity contribution in [2.24, 2.45) is 0 Å². The van der Waals surface area contributed by atoms with Crippen LogP contribution in [0, 0.1) is 0 Å². The Balaban J connectivity index is 2.59. The van der Waals surface area contributed by atoms with Crippen LogP contribution in [0.5, 0.6) is 0 Å². The van der Waals surface area contributed by atoms with E-state index in [4.69, 9.17) is 11.5 Å². The van der Waals surface area contributed by atoms with E-state index < -0.39 is 0 Å². The number of nitrogens with two attached hydrogens (primary N) is 2. The van der Waals surface area contributed by atoms with E-state index >= 15 is 0 Å². The maximum atomic E-state index is 6.49. The van der Waals surface area contributed by atoms with E-state index in [0.717, 1.165) is 43.5 Å². The van der Waals surface area contributed by atoms with Crippen LogP contribution in [0.25, 0.3) is 0 Å². The lowest BCUT2D eigenvalue weighted by molar-refractivity contribution is 1.01. The first-order valence-corrected chi connectivity index (χ1v) is 8.85. The molecule has 4 N–H and O–H groups in total. The van der Waals surface area contributed by atoms with Crippen molar-refractivity contribution in [2.45, 2.75) is 59.8 Å². The first-order chi connectivity index (χ1) is 11.1. The predicted octanol–water partition coefficient (Wildman–Crippen LogP) is 4.69. The fourth-order valence-corrected chi connectivity index (χ4v) is 3.39. The summed E-state index contributed by atoms with van der Waals surface area (Å²) >= 11 is 0. The molecule has 0 saturated carbocycles. The van der Waals surface area contributed by atoms with Gasteiger partial charge in [-0.05, 0) is 59.1 Å². The zero-order valence-corrected chi connectivity index (χ0v) is 15.0. The minimum Gasteiger partial charge on any atom is -0.398 e. The molecule has 2 heteroatoms. The number of hydrogen-bond donors (Lipinski definition) is 2. The molecule has 0 radical (unpaired) electrons. The molecule has 23 heavy (non-hydrogen) atoms. The minimum absolute atomic E-state index is 0.839. The highest BCUT2D eigenvalue weighted by atomic mass is 14.6. The molecule has 0 amide bonds. The number of benzene rings is 2. The second-order valence-electron chi connectivity index (χ2n) is 6.14. The molecule has 2 aromatic rings. The van der Waals surface area contributed by atoms with Crippen LogP contribution in [0.3, 0.4) is 0 Å². The molecule has 0 unspecified atom stereocenters. The fourth-order valence-electron chi connectivity index (χ4n) is 3.39. The molecule has 2 nitrogen and oxygen atoms in total. The Morgan fingerprint density at radius 2 is 0.870 bits per heavy atom. The van der Waals surface area contributed by atoms with Crippen molar-refractivity contribution >= 4 is 11.4 Å². The van der Waals surface area contributed by atoms with Crippen LogP contribution in [0.2, 0.25) is 0 Å². The molecule has 0 fully saturated rings. The predicted molar refractivity (Wildman–Crippen MR) is 102 cm³/mol. The average molecular weight is 310 g/mol. The summed E-state index contributed by atoms with van der Waals surface area (Å²) in [5.41, 5.74) is 22.6. The third kappa shape index (κ3) is 3.36. The summed E-state index contributed by atoms with van der Waals surface area (Å²) in [6.07, 6.45) is 4.77. The summed E-state index contributed by atoms with van der Waals surface area (Å²) in [5.74, 6) is 0. The third-order valence-electron chi connectivity index (χ3n) is 4.97. The van der Waals surface area contributed by atoms with E-state index in [-0.39, 0.29) is 0 Å². The van der Waals surface area contributed by atoms with Gasteiger partial charge in [0.15, 0.2) is 0 Å². The van der Waals surface area contributed by atoms with Crippen molar-refractivity contribution in [1.82, 2.24) is 0 Å². The largest absolute Gasteiger partial charge is 0.398 e. The molecule has 124 valence electrons. The van der Waals surface area contributed by atoms with E-state index in [0.29, 0.717) is 0 Å². The van der Waals surface area contributed by atoms with Gasteiger partial charge >= 0.3 is 0 Å². The zero-order valence-electron chi connectivity index (χ0n) is 15.0. The van der Waals surface area contributed by atoms with Crippen LogP contribution in [0.15, 0.2) is 24.3 Å². The van der Waals surface area contributed by atoms with Gasteiger partial charge in [0.2, 0.25) is 0 Å². The average Bonchev–Trinajstić information content (AvgIpc) is 2.57. The molecular formula is C21H30N2. The molecule has 0 saturated heterocycles. The molecule has 0 atom stereocenters. The Labute approximate surface area is 140 Å². The fraction of sp³-hybridized carbons (Fsp3) is 0.429. The second-order valence-corrected chi connectivity index (χ2v) is 6.14. The van der Waals surface area contributed by atoms with E-state index in [9.17, 15) is 0 Å². The van der Waals surface area contributed by atoms with Gasteiger partial charge in [0.1, 0.15) is 0 Å². The molecule has 0 aliphatic heterocycles. The van der Waals surface area contributed by atoms with Crippen LogP contribution >= 0.6 is 0 Å². The summed E-state index contributed by atoms with van der Waals surface area (Å²) in [5, 5.41) is 0. The van der Waals surface area contributed by atoms with Crippen molar-refractivity contribution in [1.29, 1.82) is 0 Å². The van der Waals surface area contributed by atoms with E-state index in [1.54, 1.807) is 0 Å². The number of hydrogen-bond acceptors (Lipinski definition) is 2. The van der Waals surface area contributed by atoms with Gasteiger partial charge in [0, 0.05) is 17.8 Å². The van der Waals surface area contributed by atoms with Crippen molar-refractivity contribution in [3.63, 3.8) is 0 Å². The molecule has 0 aliphatic rings. The van der Waals surface area contributed by atoms with Crippen LogP contribution in [0.4, 0.5) is 11.4 Å². The lowest BCUT2D eigenvalue weighted by atomic mass is 9.88. The van der Waals surface area contributed by atoms with Crippen LogP contribution in [0.1, 0.15) is 61.1 Å². The Bertz CT molecular complexity index is 627. The van der Waals surface area contributed by atoms with Crippen molar-refractivity contribution in [3.05, 3.63) is 57.6 Å². The van der Waals surface area contributed by atoms with Gasteiger partial charge in [-0.25, -0.2) is 0 Å². The molecular weight excluding hydrogens is 280 g/mol. The standard InChI is InChI=1S/C21H30N2/c1-5-14-9-11-16(7-3)20(22)18(14)13-19-15(6-2)10-12-17(8-4)21(19)23/h9-12H,5-8,13,22-23H2,1-4H3. The Hall–Kier alpha value is -1.96. The zero-order chi connectivity index (χ0) is 17.0. The SMILES string of the molecule is CCc1ccc(CC)c(Cc2c(CC)ccc(CC)c2N)c1N. The molecule has 0 spiro atoms. The second kappa shape index (κ2) is 7.54. The van der Waals surface area contributed by atoms with Crippen molar-refractivity contribution in [3.8, 4) is 0 Å². The van der Waals surface area contributed by atoms with E-state index in [1.165, 1.54) is 33.4 Å². The van der Waals surface area contributed by atoms with Crippen LogP contribution in [-0.4, -0.2) is 0 Å². The number of anilines is 2. The Morgan fingerprint density at radius 1 is 0.565 bits per heavy atom. The Kier molecular flexibility index (Phi) is 5.70. The minimum atomic E-state index is 0.839. The van der Waals surface area contributed by atoms with Gasteiger partial charge in [0.05, 0.1) is 0 Å². The summed E-state index contributed by atoms with van der Waals surface area (Å²) in [6, 6.07) is 8.81.